The SMILES string of the molecule is O=C(OC(=O)C1CCCCC1S(=O)(=O)O)C1CCCCC1S(=O)(=O)O. The van der Waals surface area contributed by atoms with Crippen LogP contribution in [0.25, 0.3) is 0 Å². The maximum atomic E-state index is 12.2. The maximum absolute atomic E-state index is 12.2. The van der Waals surface area contributed by atoms with Crippen LogP contribution in [0.3, 0.4) is 0 Å². The molecule has 0 aromatic rings. The lowest BCUT2D eigenvalue weighted by molar-refractivity contribution is -0.166. The van der Waals surface area contributed by atoms with Gasteiger partial charge in [0.2, 0.25) is 0 Å². The molecule has 2 aliphatic rings. The first-order chi connectivity index (χ1) is 11.5. The fourth-order valence-corrected chi connectivity index (χ4v) is 5.95. The van der Waals surface area contributed by atoms with Crippen molar-refractivity contribution in [2.24, 2.45) is 11.8 Å². The highest BCUT2D eigenvalue weighted by atomic mass is 32.2. The Kier molecular flexibility index (Phi) is 6.23. The summed E-state index contributed by atoms with van der Waals surface area (Å²) in [6.07, 6.45) is 2.64. The molecule has 4 unspecified atom stereocenters. The lowest BCUT2D eigenvalue weighted by Crippen LogP contribution is -2.42. The summed E-state index contributed by atoms with van der Waals surface area (Å²) >= 11 is 0. The van der Waals surface area contributed by atoms with E-state index in [2.05, 4.69) is 0 Å². The monoisotopic (exact) mass is 398 g/mol. The van der Waals surface area contributed by atoms with Gasteiger partial charge in [-0.3, -0.25) is 18.7 Å². The molecule has 0 radical (unpaired) electrons. The van der Waals surface area contributed by atoms with E-state index >= 15 is 0 Å². The molecule has 0 spiro atoms. The zero-order valence-electron chi connectivity index (χ0n) is 13.5. The molecule has 11 heteroatoms. The third-order valence-corrected chi connectivity index (χ3v) is 7.64. The van der Waals surface area contributed by atoms with E-state index in [0.717, 1.165) is 0 Å². The molecule has 2 N–H and O–H groups in total. The van der Waals surface area contributed by atoms with Crippen molar-refractivity contribution in [1.29, 1.82) is 0 Å². The smallest absolute Gasteiger partial charge is 0.318 e. The summed E-state index contributed by atoms with van der Waals surface area (Å²) in [6.45, 7) is 0. The molecule has 0 saturated heterocycles. The van der Waals surface area contributed by atoms with Gasteiger partial charge in [-0.05, 0) is 25.7 Å². The average Bonchev–Trinajstić information content (AvgIpc) is 2.53. The van der Waals surface area contributed by atoms with Crippen molar-refractivity contribution in [3.8, 4) is 0 Å². The van der Waals surface area contributed by atoms with Crippen molar-refractivity contribution >= 4 is 32.2 Å². The number of ether oxygens (including phenoxy) is 1. The second-order valence-corrected chi connectivity index (χ2v) is 9.90. The lowest BCUT2D eigenvalue weighted by Gasteiger charge is -2.29. The van der Waals surface area contributed by atoms with Gasteiger partial charge in [-0.25, -0.2) is 0 Å². The fraction of sp³-hybridized carbons (Fsp3) is 0.857. The molecule has 0 aliphatic heterocycles. The van der Waals surface area contributed by atoms with Crippen molar-refractivity contribution in [2.45, 2.75) is 61.9 Å². The average molecular weight is 398 g/mol. The van der Waals surface area contributed by atoms with E-state index in [1.165, 1.54) is 0 Å². The molecule has 9 nitrogen and oxygen atoms in total. The van der Waals surface area contributed by atoms with Gasteiger partial charge in [0.25, 0.3) is 20.2 Å². The van der Waals surface area contributed by atoms with Gasteiger partial charge in [-0.2, -0.15) is 16.8 Å². The Hall–Kier alpha value is -1.04. The van der Waals surface area contributed by atoms with E-state index in [1.54, 1.807) is 0 Å². The molecular weight excluding hydrogens is 376 g/mol. The molecule has 2 saturated carbocycles. The number of hydrogen-bond acceptors (Lipinski definition) is 7. The predicted molar refractivity (Wildman–Crippen MR) is 85.7 cm³/mol. The minimum atomic E-state index is -4.46. The topological polar surface area (TPSA) is 152 Å². The molecule has 0 amide bonds. The summed E-state index contributed by atoms with van der Waals surface area (Å²) in [5.41, 5.74) is 0. The zero-order chi connectivity index (χ0) is 18.8. The molecule has 144 valence electrons. The summed E-state index contributed by atoms with van der Waals surface area (Å²) in [4.78, 5) is 24.5. The maximum Gasteiger partial charge on any atom is 0.318 e. The largest absolute Gasteiger partial charge is 0.393 e. The third kappa shape index (κ3) is 4.99. The van der Waals surface area contributed by atoms with Crippen molar-refractivity contribution in [2.75, 3.05) is 0 Å². The Morgan fingerprint density at radius 1 is 0.680 bits per heavy atom. The van der Waals surface area contributed by atoms with Gasteiger partial charge >= 0.3 is 11.9 Å². The normalized spacial score (nSPS) is 31.3. The van der Waals surface area contributed by atoms with Crippen LogP contribution in [-0.2, 0) is 34.6 Å². The second-order valence-electron chi connectivity index (χ2n) is 6.63. The van der Waals surface area contributed by atoms with Crippen molar-refractivity contribution in [3.63, 3.8) is 0 Å². The molecule has 25 heavy (non-hydrogen) atoms. The highest BCUT2D eigenvalue weighted by Crippen LogP contribution is 2.33. The van der Waals surface area contributed by atoms with Gasteiger partial charge in [0.15, 0.2) is 0 Å². The summed E-state index contributed by atoms with van der Waals surface area (Å²) in [5, 5.41) is -2.66. The molecule has 0 aromatic heterocycles. The van der Waals surface area contributed by atoms with Crippen LogP contribution < -0.4 is 0 Å². The van der Waals surface area contributed by atoms with Gasteiger partial charge < -0.3 is 4.74 Å². The summed E-state index contributed by atoms with van der Waals surface area (Å²) in [5.74, 6) is -4.49. The lowest BCUT2D eigenvalue weighted by atomic mass is 9.87. The van der Waals surface area contributed by atoms with Crippen LogP contribution in [0.1, 0.15) is 51.4 Å². The Bertz CT molecular complexity index is 663. The highest BCUT2D eigenvalue weighted by molar-refractivity contribution is 7.86. The fourth-order valence-electron chi connectivity index (χ4n) is 3.70. The molecular formula is C14H22O9S2. The number of carbonyl (C=O) groups excluding carboxylic acids is 2. The number of carbonyl (C=O) groups is 2. The van der Waals surface area contributed by atoms with Crippen LogP contribution >= 0.6 is 0 Å². The minimum Gasteiger partial charge on any atom is -0.393 e. The number of esters is 2. The summed E-state index contributed by atoms with van der Waals surface area (Å²) in [6, 6.07) is 0. The molecule has 0 heterocycles. The van der Waals surface area contributed by atoms with Crippen LogP contribution in [0.5, 0.6) is 0 Å². The molecule has 2 fully saturated rings. The second kappa shape index (κ2) is 7.68. The van der Waals surface area contributed by atoms with E-state index in [0.29, 0.717) is 25.7 Å². The Morgan fingerprint density at radius 3 is 1.32 bits per heavy atom. The first kappa shape index (κ1) is 20.3. The Balaban J connectivity index is 2.11. The standard InChI is InChI=1S/C14H22O9S2/c15-13(9-5-1-3-7-11(9)24(17,18)19)23-14(16)10-6-2-4-8-12(10)25(20,21)22/h9-12H,1-8H2,(H,17,18,19)(H,20,21,22). The van der Waals surface area contributed by atoms with Crippen LogP contribution in [-0.4, -0.2) is 48.4 Å². The van der Waals surface area contributed by atoms with Crippen LogP contribution in [0.15, 0.2) is 0 Å². The van der Waals surface area contributed by atoms with Gasteiger partial charge in [0, 0.05) is 0 Å². The summed E-state index contributed by atoms with van der Waals surface area (Å²) < 4.78 is 69.0. The molecule has 2 rings (SSSR count). The number of rotatable bonds is 4. The Morgan fingerprint density at radius 2 is 1.00 bits per heavy atom. The van der Waals surface area contributed by atoms with E-state index < -0.39 is 54.5 Å². The van der Waals surface area contributed by atoms with Crippen molar-refractivity contribution in [3.05, 3.63) is 0 Å². The first-order valence-electron chi connectivity index (χ1n) is 8.20. The van der Waals surface area contributed by atoms with Crippen molar-refractivity contribution < 1.29 is 40.3 Å². The third-order valence-electron chi connectivity index (χ3n) is 4.98. The number of hydrogen-bond donors (Lipinski definition) is 2. The van der Waals surface area contributed by atoms with E-state index in [1.807, 2.05) is 0 Å². The van der Waals surface area contributed by atoms with Gasteiger partial charge in [0.1, 0.15) is 0 Å². The Labute approximate surface area is 146 Å². The highest BCUT2D eigenvalue weighted by Gasteiger charge is 2.44. The van der Waals surface area contributed by atoms with E-state index in [4.69, 9.17) is 4.74 Å². The zero-order valence-corrected chi connectivity index (χ0v) is 15.2. The quantitative estimate of drug-likeness (QED) is 0.400. The van der Waals surface area contributed by atoms with Gasteiger partial charge in [-0.1, -0.05) is 25.7 Å². The van der Waals surface area contributed by atoms with E-state index in [9.17, 15) is 35.5 Å². The summed E-state index contributed by atoms with van der Waals surface area (Å²) in [7, 11) is -8.93. The molecule has 0 aromatic carbocycles. The van der Waals surface area contributed by atoms with Gasteiger partial charge in [0.05, 0.1) is 22.3 Å². The van der Waals surface area contributed by atoms with Crippen LogP contribution in [0.4, 0.5) is 0 Å². The molecule has 2 aliphatic carbocycles. The van der Waals surface area contributed by atoms with E-state index in [-0.39, 0.29) is 25.7 Å². The van der Waals surface area contributed by atoms with Gasteiger partial charge in [-0.15, -0.1) is 0 Å². The van der Waals surface area contributed by atoms with Crippen LogP contribution in [0, 0.1) is 11.8 Å². The molecule has 0 bridgehead atoms. The first-order valence-corrected chi connectivity index (χ1v) is 11.2. The van der Waals surface area contributed by atoms with Crippen molar-refractivity contribution in [1.82, 2.24) is 0 Å². The predicted octanol–water partition coefficient (Wildman–Crippen LogP) is 0.949. The van der Waals surface area contributed by atoms with Crippen LogP contribution in [0.2, 0.25) is 0 Å². The minimum absolute atomic E-state index is 0.0872. The molecule has 4 atom stereocenters.